The van der Waals surface area contributed by atoms with Crippen LogP contribution in [0.15, 0.2) is 36.9 Å². The maximum atomic E-state index is 12.6. The molecule has 28 heavy (non-hydrogen) atoms. The fourth-order valence-corrected chi connectivity index (χ4v) is 3.53. The second-order valence-corrected chi connectivity index (χ2v) is 7.26. The minimum absolute atomic E-state index is 0.262. The summed E-state index contributed by atoms with van der Waals surface area (Å²) in [6, 6.07) is 4.11. The van der Waals surface area contributed by atoms with Gasteiger partial charge in [0.1, 0.15) is 11.5 Å². The van der Waals surface area contributed by atoms with Crippen LogP contribution in [0, 0.1) is 5.92 Å². The zero-order chi connectivity index (χ0) is 21.1. The van der Waals surface area contributed by atoms with Crippen LogP contribution in [-0.4, -0.2) is 27.3 Å². The van der Waals surface area contributed by atoms with E-state index in [0.717, 1.165) is 41.9 Å². The number of esters is 1. The first-order chi connectivity index (χ1) is 13.4. The minimum Gasteiger partial charge on any atom is -0.496 e. The largest absolute Gasteiger partial charge is 0.496 e. The number of ether oxygens (including phenoxy) is 3. The Morgan fingerprint density at radius 3 is 2.18 bits per heavy atom. The average molecular weight is 389 g/mol. The normalized spacial score (nSPS) is 12.8. The summed E-state index contributed by atoms with van der Waals surface area (Å²) in [5.41, 5.74) is 3.04. The third kappa shape index (κ3) is 6.43. The molecule has 156 valence electrons. The van der Waals surface area contributed by atoms with Crippen LogP contribution in [0.5, 0.6) is 11.5 Å². The molecule has 0 heterocycles. The molecular formula is C24H36O4. The molecule has 1 unspecified atom stereocenters. The van der Waals surface area contributed by atoms with Gasteiger partial charge in [0.05, 0.1) is 27.2 Å². The van der Waals surface area contributed by atoms with Crippen molar-refractivity contribution in [3.05, 3.63) is 48.1 Å². The van der Waals surface area contributed by atoms with Gasteiger partial charge < -0.3 is 14.2 Å². The summed E-state index contributed by atoms with van der Waals surface area (Å²) in [6.45, 7) is 12.1. The highest BCUT2D eigenvalue weighted by Gasteiger charge is 2.32. The third-order valence-corrected chi connectivity index (χ3v) is 5.08. The van der Waals surface area contributed by atoms with Crippen LogP contribution in [0.4, 0.5) is 0 Å². The average Bonchev–Trinajstić information content (AvgIpc) is 2.70. The Morgan fingerprint density at radius 1 is 1.14 bits per heavy atom. The number of rotatable bonds is 13. The van der Waals surface area contributed by atoms with Crippen LogP contribution in [0.25, 0.3) is 0 Å². The number of methoxy groups -OCH3 is 3. The second-order valence-electron chi connectivity index (χ2n) is 7.26. The van der Waals surface area contributed by atoms with E-state index in [1.807, 2.05) is 6.92 Å². The zero-order valence-corrected chi connectivity index (χ0v) is 18.2. The van der Waals surface area contributed by atoms with Crippen molar-refractivity contribution in [1.29, 1.82) is 0 Å². The number of benzene rings is 1. The van der Waals surface area contributed by atoms with Crippen LogP contribution in [0.1, 0.15) is 63.0 Å². The van der Waals surface area contributed by atoms with Gasteiger partial charge in [-0.25, -0.2) is 0 Å². The molecule has 0 saturated carbocycles. The lowest BCUT2D eigenvalue weighted by atomic mass is 9.81. The number of hydrogen-bond donors (Lipinski definition) is 0. The predicted octanol–water partition coefficient (Wildman–Crippen LogP) is 5.85. The molecule has 4 heteroatoms. The highest BCUT2D eigenvalue weighted by Crippen LogP contribution is 2.43. The van der Waals surface area contributed by atoms with Crippen molar-refractivity contribution in [2.45, 2.75) is 58.3 Å². The zero-order valence-electron chi connectivity index (χ0n) is 18.2. The number of allylic oxidation sites excluding steroid dienone is 2. The van der Waals surface area contributed by atoms with E-state index in [1.165, 1.54) is 25.5 Å². The highest BCUT2D eigenvalue weighted by atomic mass is 16.5. The van der Waals surface area contributed by atoms with Crippen molar-refractivity contribution in [1.82, 2.24) is 0 Å². The molecule has 2 atom stereocenters. The first-order valence-electron chi connectivity index (χ1n) is 10.0. The molecule has 0 radical (unpaired) electrons. The molecule has 0 aromatic heterocycles. The van der Waals surface area contributed by atoms with Gasteiger partial charge in [0.25, 0.3) is 0 Å². The Labute approximate surface area is 170 Å². The van der Waals surface area contributed by atoms with E-state index in [1.54, 1.807) is 20.3 Å². The molecule has 0 aliphatic rings. The van der Waals surface area contributed by atoms with E-state index in [2.05, 4.69) is 32.2 Å². The maximum Gasteiger partial charge on any atom is 0.309 e. The lowest BCUT2D eigenvalue weighted by Gasteiger charge is -2.26. The van der Waals surface area contributed by atoms with Gasteiger partial charge in [-0.15, -0.1) is 13.2 Å². The van der Waals surface area contributed by atoms with Gasteiger partial charge in [-0.2, -0.15) is 0 Å². The quantitative estimate of drug-likeness (QED) is 0.241. The summed E-state index contributed by atoms with van der Waals surface area (Å²) in [6.07, 6.45) is 7.61. The molecule has 0 fully saturated rings. The molecule has 0 bridgehead atoms. The van der Waals surface area contributed by atoms with E-state index in [0.29, 0.717) is 6.42 Å². The standard InChI is InChI=1S/C24H36O4/c1-8-10-11-12-18-15-21(26-5)23(22(16-18)27-6)19(9-2)20(24(25)28-7)14-13-17(3)4/h9,15-16,19-20H,2-3,8,10-14H2,1,4-7H3/t19-,20?/m1/s1. The topological polar surface area (TPSA) is 44.8 Å². The van der Waals surface area contributed by atoms with Gasteiger partial charge >= 0.3 is 5.97 Å². The summed E-state index contributed by atoms with van der Waals surface area (Å²) in [7, 11) is 4.71. The predicted molar refractivity (Wildman–Crippen MR) is 115 cm³/mol. The molecule has 1 aromatic rings. The molecule has 0 amide bonds. The van der Waals surface area contributed by atoms with E-state index < -0.39 is 0 Å². The Balaban J connectivity index is 3.38. The van der Waals surface area contributed by atoms with Crippen molar-refractivity contribution >= 4 is 5.97 Å². The first-order valence-corrected chi connectivity index (χ1v) is 10.0. The van der Waals surface area contributed by atoms with Crippen LogP contribution in [-0.2, 0) is 16.0 Å². The van der Waals surface area contributed by atoms with Crippen molar-refractivity contribution in [3.8, 4) is 11.5 Å². The molecule has 1 rings (SSSR count). The van der Waals surface area contributed by atoms with Gasteiger partial charge in [-0.3, -0.25) is 4.79 Å². The monoisotopic (exact) mass is 388 g/mol. The van der Waals surface area contributed by atoms with Gasteiger partial charge in [0.15, 0.2) is 0 Å². The lowest BCUT2D eigenvalue weighted by molar-refractivity contribution is -0.146. The van der Waals surface area contributed by atoms with Crippen molar-refractivity contribution in [2.24, 2.45) is 5.92 Å². The van der Waals surface area contributed by atoms with E-state index in [9.17, 15) is 4.79 Å². The fraction of sp³-hybridized carbons (Fsp3) is 0.542. The maximum absolute atomic E-state index is 12.6. The number of carbonyl (C=O) groups excluding carboxylic acids is 1. The van der Waals surface area contributed by atoms with Crippen LogP contribution in [0.2, 0.25) is 0 Å². The summed E-state index contributed by atoms with van der Waals surface area (Å²) >= 11 is 0. The molecular weight excluding hydrogens is 352 g/mol. The molecule has 0 spiro atoms. The second kappa shape index (κ2) is 12.3. The van der Waals surface area contributed by atoms with E-state index in [-0.39, 0.29) is 17.8 Å². The molecule has 0 N–H and O–H groups in total. The Kier molecular flexibility index (Phi) is 10.4. The van der Waals surface area contributed by atoms with Gasteiger partial charge in [0.2, 0.25) is 0 Å². The van der Waals surface area contributed by atoms with Gasteiger partial charge in [0, 0.05) is 11.5 Å². The SMILES string of the molecule is C=C[C@@H](c1c(OC)cc(CCCCC)cc1OC)C(CCC(=C)C)C(=O)OC. The Morgan fingerprint density at radius 2 is 1.75 bits per heavy atom. The minimum atomic E-state index is -0.382. The summed E-state index contributed by atoms with van der Waals surface area (Å²) in [4.78, 5) is 12.6. The first kappa shape index (κ1) is 23.8. The number of carbonyl (C=O) groups is 1. The lowest BCUT2D eigenvalue weighted by Crippen LogP contribution is -2.24. The molecule has 0 aliphatic heterocycles. The Bertz CT molecular complexity index is 638. The smallest absolute Gasteiger partial charge is 0.309 e. The number of unbranched alkanes of at least 4 members (excludes halogenated alkanes) is 2. The van der Waals surface area contributed by atoms with Crippen molar-refractivity contribution in [2.75, 3.05) is 21.3 Å². The highest BCUT2D eigenvalue weighted by molar-refractivity contribution is 5.75. The van der Waals surface area contributed by atoms with E-state index in [4.69, 9.17) is 14.2 Å². The summed E-state index contributed by atoms with van der Waals surface area (Å²) in [5.74, 6) is 0.525. The third-order valence-electron chi connectivity index (χ3n) is 5.08. The Hall–Kier alpha value is -2.23. The van der Waals surface area contributed by atoms with Crippen LogP contribution in [0.3, 0.4) is 0 Å². The molecule has 0 aliphatic carbocycles. The van der Waals surface area contributed by atoms with Gasteiger partial charge in [-0.05, 0) is 50.3 Å². The van der Waals surface area contributed by atoms with Crippen LogP contribution >= 0.6 is 0 Å². The number of hydrogen-bond acceptors (Lipinski definition) is 4. The molecule has 4 nitrogen and oxygen atoms in total. The summed E-state index contributed by atoms with van der Waals surface area (Å²) < 4.78 is 16.5. The molecule has 1 aromatic carbocycles. The molecule has 0 saturated heterocycles. The fourth-order valence-electron chi connectivity index (χ4n) is 3.53. The number of aryl methyl sites for hydroxylation is 1. The van der Waals surface area contributed by atoms with E-state index >= 15 is 0 Å². The van der Waals surface area contributed by atoms with Crippen molar-refractivity contribution in [3.63, 3.8) is 0 Å². The van der Waals surface area contributed by atoms with Crippen molar-refractivity contribution < 1.29 is 19.0 Å². The van der Waals surface area contributed by atoms with Gasteiger partial charge in [-0.1, -0.05) is 31.4 Å². The van der Waals surface area contributed by atoms with Crippen LogP contribution < -0.4 is 9.47 Å². The summed E-state index contributed by atoms with van der Waals surface area (Å²) in [5, 5.41) is 0.